The second-order valence-electron chi connectivity index (χ2n) is 4.95. The van der Waals surface area contributed by atoms with Crippen molar-refractivity contribution in [3.05, 3.63) is 50.7 Å². The lowest BCUT2D eigenvalue weighted by molar-refractivity contribution is -0.380. The van der Waals surface area contributed by atoms with Crippen molar-refractivity contribution < 1.29 is 19.2 Å². The van der Waals surface area contributed by atoms with Crippen LogP contribution in [0.5, 0.6) is 11.5 Å². The summed E-state index contributed by atoms with van der Waals surface area (Å²) < 4.78 is 10.5. The maximum atomic E-state index is 12.2. The predicted octanol–water partition coefficient (Wildman–Crippen LogP) is 4.05. The Balaban J connectivity index is 1.79. The number of hydrogen-bond acceptors (Lipinski definition) is 8. The molecule has 2 aromatic heterocycles. The molecule has 0 aliphatic carbocycles. The number of ether oxygens (including phenoxy) is 2. The van der Waals surface area contributed by atoms with Crippen molar-refractivity contribution in [1.82, 2.24) is 4.98 Å². The molecule has 134 valence electrons. The Morgan fingerprint density at radius 1 is 1.23 bits per heavy atom. The summed E-state index contributed by atoms with van der Waals surface area (Å²) >= 11 is 2.06. The van der Waals surface area contributed by atoms with E-state index < -0.39 is 10.8 Å². The SMILES string of the molecule is COc1ccc(-c2csc(NC(=O)c3ccc([N+](=O)[O-])s3)n2)c(OC)c1. The second kappa shape index (κ2) is 7.50. The third kappa shape index (κ3) is 3.65. The standard InChI is InChI=1S/C16H13N3O5S2/c1-23-9-3-4-10(12(7-9)24-2)11-8-25-16(17-11)18-15(20)13-5-6-14(26-13)19(21)22/h3-8H,1-2H3,(H,17,18,20). The summed E-state index contributed by atoms with van der Waals surface area (Å²) in [4.78, 5) is 27.0. The van der Waals surface area contributed by atoms with E-state index in [2.05, 4.69) is 10.3 Å². The van der Waals surface area contributed by atoms with Crippen LogP contribution in [0.2, 0.25) is 0 Å². The number of amides is 1. The Morgan fingerprint density at radius 2 is 2.04 bits per heavy atom. The van der Waals surface area contributed by atoms with Crippen LogP contribution >= 0.6 is 22.7 Å². The lowest BCUT2D eigenvalue weighted by atomic mass is 10.1. The fourth-order valence-corrected chi connectivity index (χ4v) is 3.59. The molecule has 26 heavy (non-hydrogen) atoms. The average Bonchev–Trinajstić information content (AvgIpc) is 3.30. The first-order valence-electron chi connectivity index (χ1n) is 7.25. The number of hydrogen-bond donors (Lipinski definition) is 1. The molecule has 0 fully saturated rings. The largest absolute Gasteiger partial charge is 0.497 e. The molecule has 2 heterocycles. The van der Waals surface area contributed by atoms with E-state index in [-0.39, 0.29) is 9.88 Å². The zero-order chi connectivity index (χ0) is 18.7. The van der Waals surface area contributed by atoms with E-state index in [1.165, 1.54) is 23.5 Å². The molecule has 1 aromatic carbocycles. The van der Waals surface area contributed by atoms with Gasteiger partial charge in [-0.3, -0.25) is 20.2 Å². The molecule has 3 aromatic rings. The van der Waals surface area contributed by atoms with Gasteiger partial charge in [0.25, 0.3) is 5.91 Å². The Kier molecular flexibility index (Phi) is 5.14. The van der Waals surface area contributed by atoms with Gasteiger partial charge in [-0.25, -0.2) is 4.98 Å². The normalized spacial score (nSPS) is 10.4. The van der Waals surface area contributed by atoms with Crippen molar-refractivity contribution in [1.29, 1.82) is 0 Å². The number of anilines is 1. The zero-order valence-corrected chi connectivity index (χ0v) is 15.3. The lowest BCUT2D eigenvalue weighted by Gasteiger charge is -2.08. The number of benzene rings is 1. The van der Waals surface area contributed by atoms with Crippen molar-refractivity contribution in [2.75, 3.05) is 19.5 Å². The van der Waals surface area contributed by atoms with Crippen molar-refractivity contribution in [3.8, 4) is 22.8 Å². The molecule has 0 spiro atoms. The van der Waals surface area contributed by atoms with Gasteiger partial charge in [0.1, 0.15) is 11.5 Å². The molecular weight excluding hydrogens is 378 g/mol. The molecule has 3 rings (SSSR count). The van der Waals surface area contributed by atoms with E-state index in [4.69, 9.17) is 9.47 Å². The predicted molar refractivity (Wildman–Crippen MR) is 99.6 cm³/mol. The molecule has 0 aliphatic rings. The molecule has 10 heteroatoms. The first-order chi connectivity index (χ1) is 12.5. The Bertz CT molecular complexity index is 966. The van der Waals surface area contributed by atoms with Crippen molar-refractivity contribution >= 4 is 38.7 Å². The first-order valence-corrected chi connectivity index (χ1v) is 8.95. The van der Waals surface area contributed by atoms with Gasteiger partial charge in [-0.1, -0.05) is 11.3 Å². The number of carbonyl (C=O) groups excluding carboxylic acids is 1. The molecular formula is C16H13N3O5S2. The third-order valence-corrected chi connectivity index (χ3v) is 5.20. The topological polar surface area (TPSA) is 104 Å². The highest BCUT2D eigenvalue weighted by atomic mass is 32.1. The highest BCUT2D eigenvalue weighted by Crippen LogP contribution is 2.35. The van der Waals surface area contributed by atoms with E-state index in [1.807, 2.05) is 6.07 Å². The number of nitrogens with one attached hydrogen (secondary N) is 1. The highest BCUT2D eigenvalue weighted by Gasteiger charge is 2.17. The van der Waals surface area contributed by atoms with E-state index in [0.29, 0.717) is 22.3 Å². The van der Waals surface area contributed by atoms with Crippen LogP contribution in [-0.2, 0) is 0 Å². The smallest absolute Gasteiger partial charge is 0.324 e. The van der Waals surface area contributed by atoms with Gasteiger partial charge in [-0.15, -0.1) is 11.3 Å². The van der Waals surface area contributed by atoms with Crippen LogP contribution < -0.4 is 14.8 Å². The number of thiophene rings is 1. The van der Waals surface area contributed by atoms with Gasteiger partial charge in [-0.2, -0.15) is 0 Å². The summed E-state index contributed by atoms with van der Waals surface area (Å²) in [5.74, 6) is 0.820. The molecule has 0 bridgehead atoms. The van der Waals surface area contributed by atoms with Gasteiger partial charge >= 0.3 is 5.00 Å². The van der Waals surface area contributed by atoms with Crippen molar-refractivity contribution in [3.63, 3.8) is 0 Å². The van der Waals surface area contributed by atoms with Gasteiger partial charge in [0.2, 0.25) is 0 Å². The number of rotatable bonds is 6. The minimum Gasteiger partial charge on any atom is -0.497 e. The van der Waals surface area contributed by atoms with Gasteiger partial charge < -0.3 is 9.47 Å². The van der Waals surface area contributed by atoms with Gasteiger partial charge in [-0.05, 0) is 18.2 Å². The van der Waals surface area contributed by atoms with Crippen molar-refractivity contribution in [2.45, 2.75) is 0 Å². The fraction of sp³-hybridized carbons (Fsp3) is 0.125. The van der Waals surface area contributed by atoms with Crippen molar-refractivity contribution in [2.24, 2.45) is 0 Å². The summed E-state index contributed by atoms with van der Waals surface area (Å²) in [5, 5.41) is 15.5. The zero-order valence-electron chi connectivity index (χ0n) is 13.7. The highest BCUT2D eigenvalue weighted by molar-refractivity contribution is 7.17. The summed E-state index contributed by atoms with van der Waals surface area (Å²) in [6.07, 6.45) is 0. The maximum Gasteiger partial charge on any atom is 0.324 e. The molecule has 0 aliphatic heterocycles. The molecule has 1 N–H and O–H groups in total. The molecule has 0 atom stereocenters. The summed E-state index contributed by atoms with van der Waals surface area (Å²) in [7, 11) is 3.12. The number of methoxy groups -OCH3 is 2. The molecule has 1 amide bonds. The second-order valence-corrected chi connectivity index (χ2v) is 6.87. The van der Waals surface area contributed by atoms with E-state index in [9.17, 15) is 14.9 Å². The van der Waals surface area contributed by atoms with Crippen LogP contribution in [0.3, 0.4) is 0 Å². The van der Waals surface area contributed by atoms with Crippen LogP contribution in [0.25, 0.3) is 11.3 Å². The van der Waals surface area contributed by atoms with E-state index in [1.54, 1.807) is 31.7 Å². The first kappa shape index (κ1) is 17.8. The molecule has 0 radical (unpaired) electrons. The molecule has 8 nitrogen and oxygen atoms in total. The molecule has 0 saturated carbocycles. The van der Waals surface area contributed by atoms with Crippen LogP contribution in [-0.4, -0.2) is 30.0 Å². The quantitative estimate of drug-likeness (QED) is 0.502. The summed E-state index contributed by atoms with van der Waals surface area (Å²) in [6.45, 7) is 0. The van der Waals surface area contributed by atoms with Crippen LogP contribution in [0, 0.1) is 10.1 Å². The monoisotopic (exact) mass is 391 g/mol. The molecule has 0 unspecified atom stereocenters. The summed E-state index contributed by atoms with van der Waals surface area (Å²) in [5.41, 5.74) is 1.40. The summed E-state index contributed by atoms with van der Waals surface area (Å²) in [6, 6.07) is 8.08. The fourth-order valence-electron chi connectivity index (χ4n) is 2.17. The number of aromatic nitrogens is 1. The average molecular weight is 391 g/mol. The number of carbonyl (C=O) groups is 1. The number of nitrogens with zero attached hydrogens (tertiary/aromatic N) is 2. The Morgan fingerprint density at radius 3 is 2.69 bits per heavy atom. The van der Waals surface area contributed by atoms with Gasteiger partial charge in [0, 0.05) is 23.1 Å². The number of nitro groups is 1. The van der Waals surface area contributed by atoms with E-state index >= 15 is 0 Å². The van der Waals surface area contributed by atoms with Gasteiger partial charge in [0.05, 0.1) is 29.7 Å². The Labute approximate surface area is 156 Å². The number of thiazole rings is 1. The van der Waals surface area contributed by atoms with Crippen LogP contribution in [0.4, 0.5) is 10.1 Å². The van der Waals surface area contributed by atoms with E-state index in [0.717, 1.165) is 16.9 Å². The third-order valence-electron chi connectivity index (χ3n) is 3.40. The Hall–Kier alpha value is -2.98. The minimum absolute atomic E-state index is 0.0852. The van der Waals surface area contributed by atoms with Crippen LogP contribution in [0.1, 0.15) is 9.67 Å². The molecule has 0 saturated heterocycles. The maximum absolute atomic E-state index is 12.2. The minimum atomic E-state index is -0.529. The van der Waals surface area contributed by atoms with Crippen LogP contribution in [0.15, 0.2) is 35.7 Å². The van der Waals surface area contributed by atoms with Gasteiger partial charge in [0.15, 0.2) is 5.13 Å². The lowest BCUT2D eigenvalue weighted by Crippen LogP contribution is -2.09.